The number of benzene rings is 3. The average Bonchev–Trinajstić information content (AvgIpc) is 3.38. The van der Waals surface area contributed by atoms with E-state index >= 15 is 0 Å². The largest absolute Gasteiger partial charge is 0.497 e. The van der Waals surface area contributed by atoms with Crippen LogP contribution in [-0.2, 0) is 0 Å². The van der Waals surface area contributed by atoms with E-state index in [-0.39, 0.29) is 6.03 Å². The Labute approximate surface area is 214 Å². The molecule has 0 saturated carbocycles. The molecule has 4 aromatic rings. The normalized spacial score (nSPS) is 15.7. The van der Waals surface area contributed by atoms with Gasteiger partial charge in [0.25, 0.3) is 5.89 Å². The number of nitrogens with zero attached hydrogens (tertiary/aromatic N) is 3. The molecule has 7 nitrogen and oxygen atoms in total. The first-order chi connectivity index (χ1) is 17.5. The lowest BCUT2D eigenvalue weighted by molar-refractivity contribution is 0.244. The van der Waals surface area contributed by atoms with Crippen LogP contribution in [0.5, 0.6) is 5.75 Å². The molecule has 0 bridgehead atoms. The summed E-state index contributed by atoms with van der Waals surface area (Å²) in [5, 5.41) is 7.40. The Hall–Kier alpha value is -4.04. The van der Waals surface area contributed by atoms with Gasteiger partial charge in [0.05, 0.1) is 24.4 Å². The van der Waals surface area contributed by atoms with E-state index in [4.69, 9.17) is 14.2 Å². The lowest BCUT2D eigenvalue weighted by atomic mass is 9.94. The van der Waals surface area contributed by atoms with Crippen LogP contribution in [0.4, 0.5) is 10.5 Å². The Kier molecular flexibility index (Phi) is 6.52. The molecule has 0 aliphatic carbocycles. The van der Waals surface area contributed by atoms with Crippen molar-refractivity contribution in [3.63, 3.8) is 0 Å². The van der Waals surface area contributed by atoms with Crippen molar-refractivity contribution >= 4 is 29.1 Å². The Balaban J connectivity index is 1.64. The van der Waals surface area contributed by atoms with Crippen LogP contribution in [0.1, 0.15) is 30.0 Å². The molecule has 1 atom stereocenters. The highest BCUT2D eigenvalue weighted by Gasteiger charge is 2.36. The first-order valence-corrected chi connectivity index (χ1v) is 12.7. The van der Waals surface area contributed by atoms with Gasteiger partial charge in [-0.1, -0.05) is 53.2 Å². The van der Waals surface area contributed by atoms with E-state index in [0.29, 0.717) is 28.8 Å². The minimum Gasteiger partial charge on any atom is -0.497 e. The van der Waals surface area contributed by atoms with E-state index in [9.17, 15) is 4.79 Å². The highest BCUT2D eigenvalue weighted by molar-refractivity contribution is 7.98. The fourth-order valence-electron chi connectivity index (χ4n) is 4.28. The van der Waals surface area contributed by atoms with Gasteiger partial charge in [0.15, 0.2) is 0 Å². The number of aryl methyl sites for hydroxylation is 1. The van der Waals surface area contributed by atoms with E-state index in [1.807, 2.05) is 92.9 Å². The zero-order valence-corrected chi connectivity index (χ0v) is 21.3. The second-order valence-corrected chi connectivity index (χ2v) is 9.36. The number of amides is 2. The number of ether oxygens (including phenoxy) is 1. The fraction of sp³-hybridized carbons (Fsp3) is 0.179. The van der Waals surface area contributed by atoms with E-state index in [1.54, 1.807) is 23.8 Å². The van der Waals surface area contributed by atoms with Crippen molar-refractivity contribution in [1.29, 1.82) is 0 Å². The summed E-state index contributed by atoms with van der Waals surface area (Å²) in [6.45, 7) is 3.93. The van der Waals surface area contributed by atoms with Gasteiger partial charge in [0, 0.05) is 22.2 Å². The summed E-state index contributed by atoms with van der Waals surface area (Å²) in [5.41, 5.74) is 5.05. The van der Waals surface area contributed by atoms with Crippen molar-refractivity contribution < 1.29 is 14.1 Å². The Morgan fingerprint density at radius 2 is 1.78 bits per heavy atom. The topological polar surface area (TPSA) is 80.5 Å². The number of urea groups is 1. The molecule has 8 heteroatoms. The van der Waals surface area contributed by atoms with Crippen molar-refractivity contribution in [2.45, 2.75) is 24.8 Å². The van der Waals surface area contributed by atoms with Gasteiger partial charge in [-0.25, -0.2) is 4.79 Å². The quantitative estimate of drug-likeness (QED) is 0.307. The summed E-state index contributed by atoms with van der Waals surface area (Å²) in [4.78, 5) is 20.9. The molecular formula is C28H26N4O3S. The Bertz CT molecular complexity index is 1430. The van der Waals surface area contributed by atoms with Gasteiger partial charge >= 0.3 is 6.03 Å². The zero-order valence-electron chi connectivity index (χ0n) is 20.5. The maximum atomic E-state index is 13.4. The van der Waals surface area contributed by atoms with E-state index in [1.165, 1.54) is 0 Å². The third kappa shape index (κ3) is 4.47. The van der Waals surface area contributed by atoms with Gasteiger partial charge in [-0.3, -0.25) is 4.90 Å². The van der Waals surface area contributed by atoms with Gasteiger partial charge < -0.3 is 14.6 Å². The first kappa shape index (κ1) is 23.7. The number of carbonyl (C=O) groups excluding carboxylic acids is 1. The van der Waals surface area contributed by atoms with Crippen LogP contribution in [-0.4, -0.2) is 29.5 Å². The molecule has 1 N–H and O–H groups in total. The summed E-state index contributed by atoms with van der Waals surface area (Å²) >= 11 is 1.67. The van der Waals surface area contributed by atoms with E-state index in [2.05, 4.69) is 10.5 Å². The zero-order chi connectivity index (χ0) is 25.2. The van der Waals surface area contributed by atoms with Crippen molar-refractivity contribution in [3.05, 3.63) is 95.5 Å². The van der Waals surface area contributed by atoms with Gasteiger partial charge in [-0.2, -0.15) is 4.98 Å². The van der Waals surface area contributed by atoms with Gasteiger partial charge in [-0.15, -0.1) is 11.8 Å². The molecule has 0 saturated heterocycles. The molecule has 1 aliphatic rings. The number of nitrogens with one attached hydrogen (secondary N) is 1. The minimum atomic E-state index is -0.457. The molecule has 182 valence electrons. The lowest BCUT2D eigenvalue weighted by Crippen LogP contribution is -2.46. The highest BCUT2D eigenvalue weighted by Crippen LogP contribution is 2.40. The summed E-state index contributed by atoms with van der Waals surface area (Å²) in [5.74, 6) is 1.51. The van der Waals surface area contributed by atoms with E-state index in [0.717, 1.165) is 27.2 Å². The van der Waals surface area contributed by atoms with Gasteiger partial charge in [0.1, 0.15) is 5.75 Å². The highest BCUT2D eigenvalue weighted by atomic mass is 32.2. The number of anilines is 1. The SMILES string of the molecule is COc1cccc(N2C(=O)NC(c3ccc(SC)cc3)C(c3nc(-c4ccc(C)cc4)no3)=C2C)c1. The minimum absolute atomic E-state index is 0.248. The second kappa shape index (κ2) is 9.91. The molecule has 0 spiro atoms. The van der Waals surface area contributed by atoms with Crippen LogP contribution < -0.4 is 15.0 Å². The van der Waals surface area contributed by atoms with Crippen molar-refractivity contribution in [2.75, 3.05) is 18.3 Å². The van der Waals surface area contributed by atoms with Crippen LogP contribution in [0.3, 0.4) is 0 Å². The van der Waals surface area contributed by atoms with E-state index < -0.39 is 6.04 Å². The summed E-state index contributed by atoms with van der Waals surface area (Å²) in [6, 6.07) is 22.7. The van der Waals surface area contributed by atoms with Crippen LogP contribution in [0.25, 0.3) is 17.0 Å². The van der Waals surface area contributed by atoms with Crippen LogP contribution in [0, 0.1) is 6.92 Å². The molecule has 1 aliphatic heterocycles. The number of aromatic nitrogens is 2. The molecule has 5 rings (SSSR count). The molecule has 2 heterocycles. The Morgan fingerprint density at radius 3 is 2.47 bits per heavy atom. The predicted octanol–water partition coefficient (Wildman–Crippen LogP) is 6.48. The third-order valence-corrected chi connectivity index (χ3v) is 6.96. The standard InChI is InChI=1S/C28H26N4O3S/c1-17-8-10-20(11-9-17)26-30-27(35-31-26)24-18(2)32(21-6-5-7-22(16-21)34-3)28(33)29-25(24)19-12-14-23(36-4)15-13-19/h5-16,25H,1-4H3,(H,29,33). The average molecular weight is 499 g/mol. The Morgan fingerprint density at radius 1 is 1.03 bits per heavy atom. The maximum absolute atomic E-state index is 13.4. The number of hydrogen-bond donors (Lipinski definition) is 1. The molecule has 1 unspecified atom stereocenters. The van der Waals surface area contributed by atoms with Crippen molar-refractivity contribution in [3.8, 4) is 17.1 Å². The molecule has 2 amide bonds. The smallest absolute Gasteiger partial charge is 0.327 e. The number of allylic oxidation sites excluding steroid dienone is 1. The first-order valence-electron chi connectivity index (χ1n) is 11.5. The molecule has 0 fully saturated rings. The predicted molar refractivity (Wildman–Crippen MR) is 142 cm³/mol. The van der Waals surface area contributed by atoms with Crippen LogP contribution in [0.15, 0.2) is 87.9 Å². The van der Waals surface area contributed by atoms with Crippen molar-refractivity contribution in [1.82, 2.24) is 15.5 Å². The summed E-state index contributed by atoms with van der Waals surface area (Å²) < 4.78 is 11.2. The van der Waals surface area contributed by atoms with Crippen LogP contribution in [0.2, 0.25) is 0 Å². The summed E-state index contributed by atoms with van der Waals surface area (Å²) in [6.07, 6.45) is 2.03. The number of rotatable bonds is 6. The van der Waals surface area contributed by atoms with Crippen LogP contribution >= 0.6 is 11.8 Å². The number of thioether (sulfide) groups is 1. The van der Waals surface area contributed by atoms with Gasteiger partial charge in [-0.05, 0) is 49.9 Å². The maximum Gasteiger partial charge on any atom is 0.327 e. The third-order valence-electron chi connectivity index (χ3n) is 6.21. The molecule has 36 heavy (non-hydrogen) atoms. The number of carbonyl (C=O) groups is 1. The number of methoxy groups -OCH3 is 1. The second-order valence-electron chi connectivity index (χ2n) is 8.48. The lowest BCUT2D eigenvalue weighted by Gasteiger charge is -2.35. The fourth-order valence-corrected chi connectivity index (χ4v) is 4.69. The molecular weight excluding hydrogens is 472 g/mol. The van der Waals surface area contributed by atoms with Gasteiger partial charge in [0.2, 0.25) is 5.82 Å². The molecule has 3 aromatic carbocycles. The number of hydrogen-bond acceptors (Lipinski definition) is 6. The monoisotopic (exact) mass is 498 g/mol. The summed E-state index contributed by atoms with van der Waals surface area (Å²) in [7, 11) is 1.60. The molecule has 1 aromatic heterocycles. The molecule has 0 radical (unpaired) electrons. The van der Waals surface area contributed by atoms with Crippen molar-refractivity contribution in [2.24, 2.45) is 0 Å².